The van der Waals surface area contributed by atoms with Crippen molar-refractivity contribution < 1.29 is 13.5 Å². The van der Waals surface area contributed by atoms with Gasteiger partial charge in [-0.05, 0) is 29.5 Å². The molecule has 0 aliphatic rings. The van der Waals surface area contributed by atoms with Crippen molar-refractivity contribution in [2.75, 3.05) is 7.11 Å². The van der Waals surface area contributed by atoms with Gasteiger partial charge in [-0.15, -0.1) is 0 Å². The number of rotatable bonds is 2. The van der Waals surface area contributed by atoms with E-state index in [4.69, 9.17) is 4.74 Å². The fourth-order valence-corrected chi connectivity index (χ4v) is 1.79. The van der Waals surface area contributed by atoms with Crippen molar-refractivity contribution in [1.29, 1.82) is 0 Å². The molecule has 1 rings (SSSR count). The Morgan fingerprint density at radius 1 is 1.54 bits per heavy atom. The second kappa shape index (κ2) is 4.17. The van der Waals surface area contributed by atoms with Crippen molar-refractivity contribution in [3.05, 3.63) is 21.0 Å². The standard InChI is InChI=1S/C8H8F2INO/c1-4-5(7(9)10)3-12-8(11)6(4)13-2/h3,7H,1-2H3. The van der Waals surface area contributed by atoms with Crippen LogP contribution in [-0.2, 0) is 0 Å². The van der Waals surface area contributed by atoms with Gasteiger partial charge in [-0.2, -0.15) is 0 Å². The third kappa shape index (κ3) is 2.07. The molecule has 0 saturated carbocycles. The van der Waals surface area contributed by atoms with Crippen LogP contribution in [0.5, 0.6) is 5.75 Å². The average molecular weight is 299 g/mol. The summed E-state index contributed by atoms with van der Waals surface area (Å²) in [5.74, 6) is 0.429. The quantitative estimate of drug-likeness (QED) is 0.619. The van der Waals surface area contributed by atoms with E-state index >= 15 is 0 Å². The molecule has 13 heavy (non-hydrogen) atoms. The Labute approximate surface area is 88.5 Å². The molecule has 0 aliphatic carbocycles. The molecule has 0 aromatic carbocycles. The SMILES string of the molecule is COc1c(I)ncc(C(F)F)c1C. The van der Waals surface area contributed by atoms with Gasteiger partial charge in [0.05, 0.1) is 7.11 Å². The van der Waals surface area contributed by atoms with Crippen LogP contribution in [0.4, 0.5) is 8.78 Å². The third-order valence-corrected chi connectivity index (χ3v) is 2.49. The van der Waals surface area contributed by atoms with Crippen LogP contribution in [0.15, 0.2) is 6.20 Å². The Hall–Kier alpha value is -0.460. The largest absolute Gasteiger partial charge is 0.494 e. The molecule has 0 N–H and O–H groups in total. The second-order valence-corrected chi connectivity index (χ2v) is 3.49. The Morgan fingerprint density at radius 2 is 2.15 bits per heavy atom. The summed E-state index contributed by atoms with van der Waals surface area (Å²) in [4.78, 5) is 3.81. The predicted octanol–water partition coefficient (Wildman–Crippen LogP) is 2.94. The normalized spacial score (nSPS) is 10.6. The minimum absolute atomic E-state index is 0.0720. The number of pyridine rings is 1. The molecule has 72 valence electrons. The summed E-state index contributed by atoms with van der Waals surface area (Å²) < 4.78 is 30.3. The van der Waals surface area contributed by atoms with Crippen molar-refractivity contribution in [2.24, 2.45) is 0 Å². The third-order valence-electron chi connectivity index (χ3n) is 1.72. The van der Waals surface area contributed by atoms with Crippen LogP contribution >= 0.6 is 22.6 Å². The van der Waals surface area contributed by atoms with Gasteiger partial charge in [-0.25, -0.2) is 13.8 Å². The van der Waals surface area contributed by atoms with E-state index in [1.807, 2.05) is 22.6 Å². The molecule has 1 heterocycles. The number of alkyl halides is 2. The summed E-state index contributed by atoms with van der Waals surface area (Å²) >= 11 is 1.95. The molecule has 0 radical (unpaired) electrons. The van der Waals surface area contributed by atoms with E-state index in [0.717, 1.165) is 0 Å². The average Bonchev–Trinajstić information content (AvgIpc) is 2.04. The van der Waals surface area contributed by atoms with Crippen molar-refractivity contribution in [1.82, 2.24) is 4.98 Å². The van der Waals surface area contributed by atoms with E-state index in [1.165, 1.54) is 13.3 Å². The highest BCUT2D eigenvalue weighted by Crippen LogP contribution is 2.30. The number of methoxy groups -OCH3 is 1. The van der Waals surface area contributed by atoms with Crippen molar-refractivity contribution in [2.45, 2.75) is 13.3 Å². The molecule has 0 saturated heterocycles. The van der Waals surface area contributed by atoms with Crippen LogP contribution in [0.3, 0.4) is 0 Å². The number of hydrogen-bond acceptors (Lipinski definition) is 2. The molecule has 0 amide bonds. The number of halogens is 3. The van der Waals surface area contributed by atoms with Crippen LogP contribution in [0, 0.1) is 10.6 Å². The van der Waals surface area contributed by atoms with E-state index in [1.54, 1.807) is 6.92 Å². The maximum atomic E-state index is 12.4. The number of ether oxygens (including phenoxy) is 1. The Balaban J connectivity index is 3.27. The molecule has 0 fully saturated rings. The lowest BCUT2D eigenvalue weighted by Crippen LogP contribution is -1.99. The monoisotopic (exact) mass is 299 g/mol. The highest BCUT2D eigenvalue weighted by Gasteiger charge is 2.16. The lowest BCUT2D eigenvalue weighted by molar-refractivity contribution is 0.149. The lowest BCUT2D eigenvalue weighted by atomic mass is 10.1. The molecule has 0 bridgehead atoms. The number of nitrogens with zero attached hydrogens (tertiary/aromatic N) is 1. The Morgan fingerprint density at radius 3 is 2.62 bits per heavy atom. The van der Waals surface area contributed by atoms with Gasteiger partial charge in [-0.3, -0.25) is 0 Å². The van der Waals surface area contributed by atoms with Gasteiger partial charge >= 0.3 is 0 Å². The van der Waals surface area contributed by atoms with Crippen LogP contribution in [-0.4, -0.2) is 12.1 Å². The van der Waals surface area contributed by atoms with Crippen molar-refractivity contribution >= 4 is 22.6 Å². The van der Waals surface area contributed by atoms with Crippen LogP contribution in [0.1, 0.15) is 17.6 Å². The van der Waals surface area contributed by atoms with Gasteiger partial charge in [0.1, 0.15) is 3.70 Å². The maximum absolute atomic E-state index is 12.4. The number of hydrogen-bond donors (Lipinski definition) is 0. The molecule has 5 heteroatoms. The van der Waals surface area contributed by atoms with Gasteiger partial charge in [0.15, 0.2) is 5.75 Å². The second-order valence-electron chi connectivity index (χ2n) is 2.46. The van der Waals surface area contributed by atoms with E-state index in [9.17, 15) is 8.78 Å². The first-order valence-electron chi connectivity index (χ1n) is 3.55. The molecule has 0 unspecified atom stereocenters. The van der Waals surface area contributed by atoms with Gasteiger partial charge < -0.3 is 4.74 Å². The summed E-state index contributed by atoms with van der Waals surface area (Å²) in [5.41, 5.74) is 0.383. The minimum Gasteiger partial charge on any atom is -0.494 e. The molecule has 0 spiro atoms. The predicted molar refractivity (Wildman–Crippen MR) is 53.2 cm³/mol. The smallest absolute Gasteiger partial charge is 0.265 e. The van der Waals surface area contributed by atoms with E-state index in [2.05, 4.69) is 4.98 Å². The summed E-state index contributed by atoms with van der Waals surface area (Å²) in [5, 5.41) is 0. The summed E-state index contributed by atoms with van der Waals surface area (Å²) in [6, 6.07) is 0. The first-order valence-corrected chi connectivity index (χ1v) is 4.63. The van der Waals surface area contributed by atoms with Gasteiger partial charge in [0, 0.05) is 17.3 Å². The fraction of sp³-hybridized carbons (Fsp3) is 0.375. The summed E-state index contributed by atoms with van der Waals surface area (Å²) in [6.07, 6.45) is -1.32. The molecule has 1 aromatic heterocycles. The van der Waals surface area contributed by atoms with Gasteiger partial charge in [-0.1, -0.05) is 0 Å². The lowest BCUT2D eigenvalue weighted by Gasteiger charge is -2.10. The maximum Gasteiger partial charge on any atom is 0.265 e. The van der Waals surface area contributed by atoms with Crippen LogP contribution in [0.25, 0.3) is 0 Å². The van der Waals surface area contributed by atoms with Gasteiger partial charge in [0.25, 0.3) is 6.43 Å². The van der Waals surface area contributed by atoms with Crippen molar-refractivity contribution in [3.63, 3.8) is 0 Å². The summed E-state index contributed by atoms with van der Waals surface area (Å²) in [7, 11) is 1.45. The van der Waals surface area contributed by atoms with Crippen LogP contribution < -0.4 is 4.74 Å². The first-order chi connectivity index (χ1) is 6.07. The summed E-state index contributed by atoms with van der Waals surface area (Å²) in [6.45, 7) is 1.60. The molecular weight excluding hydrogens is 291 g/mol. The zero-order valence-electron chi connectivity index (χ0n) is 7.14. The molecular formula is C8H8F2INO. The molecule has 0 aliphatic heterocycles. The first kappa shape index (κ1) is 10.6. The zero-order valence-corrected chi connectivity index (χ0v) is 9.30. The van der Waals surface area contributed by atoms with Crippen molar-refractivity contribution in [3.8, 4) is 5.75 Å². The highest BCUT2D eigenvalue weighted by molar-refractivity contribution is 14.1. The topological polar surface area (TPSA) is 22.1 Å². The molecule has 0 atom stereocenters. The zero-order chi connectivity index (χ0) is 10.0. The molecule has 2 nitrogen and oxygen atoms in total. The van der Waals surface area contributed by atoms with Crippen LogP contribution in [0.2, 0.25) is 0 Å². The number of aromatic nitrogens is 1. The van der Waals surface area contributed by atoms with E-state index < -0.39 is 6.43 Å². The Bertz CT molecular complexity index is 317. The fourth-order valence-electron chi connectivity index (χ4n) is 1.02. The van der Waals surface area contributed by atoms with E-state index in [0.29, 0.717) is 15.0 Å². The molecule has 1 aromatic rings. The highest BCUT2D eigenvalue weighted by atomic mass is 127. The Kier molecular flexibility index (Phi) is 3.40. The van der Waals surface area contributed by atoms with E-state index in [-0.39, 0.29) is 5.56 Å². The minimum atomic E-state index is -2.50. The van der Waals surface area contributed by atoms with Gasteiger partial charge in [0.2, 0.25) is 0 Å².